The highest BCUT2D eigenvalue weighted by Crippen LogP contribution is 2.18. The number of benzene rings is 1. The standard InChI is InChI=1S/C14H17NO4/c16-13(15-11-3-4-11)7-8-19-12-5-1-10(2-6-12)9-14(17)18/h1-2,5-6,11H,3-4,7-9H2,(H,15,16)(H,17,18). The van der Waals surface area contributed by atoms with Crippen molar-refractivity contribution in [1.82, 2.24) is 5.32 Å². The number of hydrogen-bond acceptors (Lipinski definition) is 3. The molecule has 19 heavy (non-hydrogen) atoms. The Balaban J connectivity index is 1.70. The van der Waals surface area contributed by atoms with Crippen molar-refractivity contribution >= 4 is 11.9 Å². The van der Waals surface area contributed by atoms with Gasteiger partial charge < -0.3 is 15.2 Å². The Morgan fingerprint density at radius 1 is 1.26 bits per heavy atom. The number of ether oxygens (including phenoxy) is 1. The Morgan fingerprint density at radius 2 is 1.95 bits per heavy atom. The Hall–Kier alpha value is -2.04. The molecule has 0 atom stereocenters. The van der Waals surface area contributed by atoms with Crippen molar-refractivity contribution in [3.63, 3.8) is 0 Å². The second kappa shape index (κ2) is 6.22. The molecule has 1 aromatic rings. The average molecular weight is 263 g/mol. The molecule has 0 aromatic heterocycles. The summed E-state index contributed by atoms with van der Waals surface area (Å²) < 4.78 is 5.43. The number of amides is 1. The topological polar surface area (TPSA) is 75.6 Å². The first-order chi connectivity index (χ1) is 9.13. The monoisotopic (exact) mass is 263 g/mol. The lowest BCUT2D eigenvalue weighted by Gasteiger charge is -2.07. The molecule has 0 heterocycles. The number of carbonyl (C=O) groups excluding carboxylic acids is 1. The van der Waals surface area contributed by atoms with E-state index >= 15 is 0 Å². The molecule has 2 N–H and O–H groups in total. The summed E-state index contributed by atoms with van der Waals surface area (Å²) in [4.78, 5) is 21.9. The van der Waals surface area contributed by atoms with Crippen LogP contribution in [-0.4, -0.2) is 29.6 Å². The van der Waals surface area contributed by atoms with Crippen molar-refractivity contribution < 1.29 is 19.4 Å². The normalized spacial score (nSPS) is 13.9. The van der Waals surface area contributed by atoms with Gasteiger partial charge in [0.2, 0.25) is 5.91 Å². The summed E-state index contributed by atoms with van der Waals surface area (Å²) in [7, 11) is 0. The van der Waals surface area contributed by atoms with E-state index in [-0.39, 0.29) is 12.3 Å². The lowest BCUT2D eigenvalue weighted by molar-refractivity contribution is -0.136. The van der Waals surface area contributed by atoms with Gasteiger partial charge in [0.15, 0.2) is 0 Å². The largest absolute Gasteiger partial charge is 0.493 e. The molecule has 1 aliphatic carbocycles. The zero-order valence-electron chi connectivity index (χ0n) is 10.6. The minimum atomic E-state index is -0.856. The lowest BCUT2D eigenvalue weighted by atomic mass is 10.1. The van der Waals surface area contributed by atoms with Crippen molar-refractivity contribution in [1.29, 1.82) is 0 Å². The predicted molar refractivity (Wildman–Crippen MR) is 69.1 cm³/mol. The molecule has 1 amide bonds. The summed E-state index contributed by atoms with van der Waals surface area (Å²) in [5, 5.41) is 11.5. The number of aliphatic carboxylic acids is 1. The molecule has 5 nitrogen and oxygen atoms in total. The van der Waals surface area contributed by atoms with Gasteiger partial charge >= 0.3 is 5.97 Å². The van der Waals surface area contributed by atoms with Gasteiger partial charge in [-0.15, -0.1) is 0 Å². The second-order valence-corrected chi connectivity index (χ2v) is 4.65. The van der Waals surface area contributed by atoms with Gasteiger partial charge in [0.1, 0.15) is 5.75 Å². The minimum Gasteiger partial charge on any atom is -0.493 e. The van der Waals surface area contributed by atoms with E-state index < -0.39 is 5.97 Å². The lowest BCUT2D eigenvalue weighted by Crippen LogP contribution is -2.26. The van der Waals surface area contributed by atoms with Gasteiger partial charge in [-0.25, -0.2) is 0 Å². The number of carboxylic acid groups (broad SMARTS) is 1. The van der Waals surface area contributed by atoms with Crippen LogP contribution in [0.25, 0.3) is 0 Å². The SMILES string of the molecule is O=C(O)Cc1ccc(OCCC(=O)NC2CC2)cc1. The van der Waals surface area contributed by atoms with Crippen molar-refractivity contribution in [3.8, 4) is 5.75 Å². The van der Waals surface area contributed by atoms with Gasteiger partial charge in [-0.1, -0.05) is 12.1 Å². The summed E-state index contributed by atoms with van der Waals surface area (Å²) in [6.07, 6.45) is 2.51. The first-order valence-electron chi connectivity index (χ1n) is 6.36. The number of carbonyl (C=O) groups is 2. The van der Waals surface area contributed by atoms with Crippen LogP contribution in [0.3, 0.4) is 0 Å². The van der Waals surface area contributed by atoms with Crippen LogP contribution in [0, 0.1) is 0 Å². The molecule has 0 bridgehead atoms. The molecule has 0 radical (unpaired) electrons. The molecule has 0 spiro atoms. The maximum absolute atomic E-state index is 11.4. The highest BCUT2D eigenvalue weighted by atomic mass is 16.5. The van der Waals surface area contributed by atoms with Crippen LogP contribution in [0.4, 0.5) is 0 Å². The molecule has 5 heteroatoms. The fourth-order valence-electron chi connectivity index (χ4n) is 1.67. The smallest absolute Gasteiger partial charge is 0.307 e. The summed E-state index contributed by atoms with van der Waals surface area (Å²) in [6.45, 7) is 0.330. The van der Waals surface area contributed by atoms with E-state index in [0.29, 0.717) is 24.8 Å². The molecule has 0 aliphatic heterocycles. The Labute approximate surface area is 111 Å². The fraction of sp³-hybridized carbons (Fsp3) is 0.429. The Kier molecular flexibility index (Phi) is 4.39. The van der Waals surface area contributed by atoms with Gasteiger partial charge in [-0.3, -0.25) is 9.59 Å². The maximum atomic E-state index is 11.4. The third-order valence-electron chi connectivity index (χ3n) is 2.82. The highest BCUT2D eigenvalue weighted by Gasteiger charge is 2.22. The van der Waals surface area contributed by atoms with Gasteiger partial charge in [0.05, 0.1) is 19.4 Å². The van der Waals surface area contributed by atoms with Crippen LogP contribution in [0.5, 0.6) is 5.75 Å². The van der Waals surface area contributed by atoms with Gasteiger partial charge in [-0.2, -0.15) is 0 Å². The first-order valence-corrected chi connectivity index (χ1v) is 6.36. The van der Waals surface area contributed by atoms with Crippen molar-refractivity contribution in [2.24, 2.45) is 0 Å². The van der Waals surface area contributed by atoms with Crippen LogP contribution < -0.4 is 10.1 Å². The molecule has 2 rings (SSSR count). The zero-order valence-corrected chi connectivity index (χ0v) is 10.6. The number of carboxylic acids is 1. The number of rotatable bonds is 7. The molecule has 1 saturated carbocycles. The van der Waals surface area contributed by atoms with Crippen molar-refractivity contribution in [3.05, 3.63) is 29.8 Å². The van der Waals surface area contributed by atoms with Crippen molar-refractivity contribution in [2.45, 2.75) is 31.7 Å². The van der Waals surface area contributed by atoms with E-state index in [1.807, 2.05) is 0 Å². The quantitative estimate of drug-likeness (QED) is 0.779. The molecule has 0 unspecified atom stereocenters. The second-order valence-electron chi connectivity index (χ2n) is 4.65. The van der Waals surface area contributed by atoms with E-state index in [9.17, 15) is 9.59 Å². The number of nitrogens with one attached hydrogen (secondary N) is 1. The third-order valence-corrected chi connectivity index (χ3v) is 2.82. The predicted octanol–water partition coefficient (Wildman–Crippen LogP) is 1.36. The fourth-order valence-corrected chi connectivity index (χ4v) is 1.67. The molecule has 102 valence electrons. The summed E-state index contributed by atoms with van der Waals surface area (Å²) in [6, 6.07) is 7.25. The molecule has 1 aromatic carbocycles. The Morgan fingerprint density at radius 3 is 2.53 bits per heavy atom. The van der Waals surface area contributed by atoms with Crippen LogP contribution in [0.2, 0.25) is 0 Å². The maximum Gasteiger partial charge on any atom is 0.307 e. The summed E-state index contributed by atoms with van der Waals surface area (Å²) in [5.74, 6) is -0.191. The van der Waals surface area contributed by atoms with Gasteiger partial charge in [-0.05, 0) is 30.5 Å². The van der Waals surface area contributed by atoms with Gasteiger partial charge in [0.25, 0.3) is 0 Å². The van der Waals surface area contributed by atoms with E-state index in [0.717, 1.165) is 18.4 Å². The van der Waals surface area contributed by atoms with Crippen LogP contribution in [0.1, 0.15) is 24.8 Å². The molecule has 0 saturated heterocycles. The van der Waals surface area contributed by atoms with E-state index in [4.69, 9.17) is 9.84 Å². The molecular formula is C14H17NO4. The molecular weight excluding hydrogens is 246 g/mol. The molecule has 1 aliphatic rings. The van der Waals surface area contributed by atoms with E-state index in [1.165, 1.54) is 0 Å². The summed E-state index contributed by atoms with van der Waals surface area (Å²) >= 11 is 0. The highest BCUT2D eigenvalue weighted by molar-refractivity contribution is 5.76. The molecule has 1 fully saturated rings. The minimum absolute atomic E-state index is 0.00404. The van der Waals surface area contributed by atoms with Crippen LogP contribution in [0.15, 0.2) is 24.3 Å². The van der Waals surface area contributed by atoms with Gasteiger partial charge in [0, 0.05) is 6.04 Å². The number of hydrogen-bond donors (Lipinski definition) is 2. The van der Waals surface area contributed by atoms with Crippen LogP contribution in [-0.2, 0) is 16.0 Å². The summed E-state index contributed by atoms with van der Waals surface area (Å²) in [5.41, 5.74) is 0.728. The third kappa shape index (κ3) is 4.99. The van der Waals surface area contributed by atoms with Crippen LogP contribution >= 0.6 is 0 Å². The first kappa shape index (κ1) is 13.4. The van der Waals surface area contributed by atoms with E-state index in [2.05, 4.69) is 5.32 Å². The van der Waals surface area contributed by atoms with Crippen molar-refractivity contribution in [2.75, 3.05) is 6.61 Å². The van der Waals surface area contributed by atoms with E-state index in [1.54, 1.807) is 24.3 Å². The Bertz CT molecular complexity index is 451. The zero-order chi connectivity index (χ0) is 13.7. The average Bonchev–Trinajstić information content (AvgIpc) is 3.14.